The van der Waals surface area contributed by atoms with Gasteiger partial charge in [0.05, 0.1) is 28.4 Å². The number of hydrogen-bond acceptors (Lipinski definition) is 6. The van der Waals surface area contributed by atoms with Crippen molar-refractivity contribution in [2.45, 2.75) is 94.4 Å². The van der Waals surface area contributed by atoms with Gasteiger partial charge in [-0.05, 0) is 120 Å². The molecule has 43 heavy (non-hydrogen) atoms. The van der Waals surface area contributed by atoms with Crippen LogP contribution in [-0.4, -0.2) is 85.1 Å². The highest BCUT2D eigenvalue weighted by Gasteiger charge is 2.66. The highest BCUT2D eigenvalue weighted by atomic mass is 16.3. The summed E-state index contributed by atoms with van der Waals surface area (Å²) in [5.74, 6) is 0.531. The van der Waals surface area contributed by atoms with E-state index < -0.39 is 5.60 Å². The highest BCUT2D eigenvalue weighted by molar-refractivity contribution is 6.11. The van der Waals surface area contributed by atoms with Gasteiger partial charge in [0.25, 0.3) is 0 Å². The quantitative estimate of drug-likeness (QED) is 0.273. The lowest BCUT2D eigenvalue weighted by molar-refractivity contribution is -0.0918. The zero-order valence-corrected chi connectivity index (χ0v) is 25.2. The molecule has 7 heteroatoms. The summed E-state index contributed by atoms with van der Waals surface area (Å²) in [6.07, 6.45) is 19.4. The first-order valence-electron chi connectivity index (χ1n) is 16.8. The van der Waals surface area contributed by atoms with E-state index in [-0.39, 0.29) is 29.2 Å². The summed E-state index contributed by atoms with van der Waals surface area (Å²) in [6, 6.07) is 8.16. The van der Waals surface area contributed by atoms with Gasteiger partial charge in [0, 0.05) is 41.0 Å². The summed E-state index contributed by atoms with van der Waals surface area (Å²) < 4.78 is 0. The van der Waals surface area contributed by atoms with Crippen molar-refractivity contribution in [3.63, 3.8) is 0 Å². The number of benzene rings is 1. The summed E-state index contributed by atoms with van der Waals surface area (Å²) in [7, 11) is 0. The number of nitrogens with one attached hydrogen (secondary N) is 1. The molecule has 4 N–H and O–H groups in total. The van der Waals surface area contributed by atoms with Crippen molar-refractivity contribution < 1.29 is 15.3 Å². The van der Waals surface area contributed by atoms with Crippen LogP contribution in [0.5, 0.6) is 5.75 Å². The van der Waals surface area contributed by atoms with Gasteiger partial charge in [-0.15, -0.1) is 0 Å². The Morgan fingerprint density at radius 1 is 0.907 bits per heavy atom. The number of aliphatic hydroxyl groups is 2. The number of aromatic hydroxyl groups is 1. The minimum Gasteiger partial charge on any atom is -0.506 e. The summed E-state index contributed by atoms with van der Waals surface area (Å²) in [6.45, 7) is 4.13. The van der Waals surface area contributed by atoms with E-state index in [1.165, 1.54) is 18.4 Å². The average molecular weight is 583 g/mol. The van der Waals surface area contributed by atoms with Gasteiger partial charge in [0.2, 0.25) is 0 Å². The number of phenolic OH excluding ortho intramolecular Hbond substituents is 1. The van der Waals surface area contributed by atoms with Crippen molar-refractivity contribution in [2.24, 2.45) is 11.3 Å². The molecule has 3 saturated heterocycles. The number of allylic oxidation sites excluding steroid dienone is 3. The van der Waals surface area contributed by atoms with E-state index in [0.717, 1.165) is 105 Å². The number of aliphatic hydroxyl groups excluding tert-OH is 1. The minimum atomic E-state index is -0.988. The summed E-state index contributed by atoms with van der Waals surface area (Å²) >= 11 is 0. The number of phenols is 1. The smallest absolute Gasteiger partial charge is 0.139 e. The Balaban J connectivity index is 1.33. The van der Waals surface area contributed by atoms with Gasteiger partial charge in [-0.2, -0.15) is 0 Å². The van der Waals surface area contributed by atoms with Gasteiger partial charge in [-0.25, -0.2) is 0 Å². The van der Waals surface area contributed by atoms with E-state index in [2.05, 4.69) is 39.1 Å². The Morgan fingerprint density at radius 3 is 2.72 bits per heavy atom. The van der Waals surface area contributed by atoms with Crippen molar-refractivity contribution in [1.82, 2.24) is 19.8 Å². The predicted molar refractivity (Wildman–Crippen MR) is 171 cm³/mol. The van der Waals surface area contributed by atoms with Crippen molar-refractivity contribution in [3.05, 3.63) is 54.4 Å². The van der Waals surface area contributed by atoms with E-state index >= 15 is 0 Å². The van der Waals surface area contributed by atoms with Crippen LogP contribution in [0.3, 0.4) is 0 Å². The van der Waals surface area contributed by atoms with Crippen LogP contribution in [0.15, 0.2) is 48.7 Å². The highest BCUT2D eigenvalue weighted by Crippen LogP contribution is 2.62. The molecule has 1 unspecified atom stereocenters. The number of fused-ring (bicyclic) bond motifs is 5. The van der Waals surface area contributed by atoms with Crippen LogP contribution in [0, 0.1) is 11.3 Å². The number of rotatable bonds is 1. The Labute approximate surface area is 254 Å². The van der Waals surface area contributed by atoms with Gasteiger partial charge in [0.1, 0.15) is 5.75 Å². The number of nitrogens with zero attached hydrogens (tertiary/aromatic N) is 3. The third-order valence-electron chi connectivity index (χ3n) is 11.7. The number of aromatic nitrogens is 2. The summed E-state index contributed by atoms with van der Waals surface area (Å²) in [5, 5.41) is 36.5. The first-order chi connectivity index (χ1) is 21.0. The van der Waals surface area contributed by atoms with Crippen LogP contribution in [0.2, 0.25) is 0 Å². The molecule has 8 rings (SSSR count). The number of hydrogen-bond donors (Lipinski definition) is 4. The number of aromatic amines is 1. The molecular formula is C36H46N4O3. The largest absolute Gasteiger partial charge is 0.506 e. The van der Waals surface area contributed by atoms with Crippen molar-refractivity contribution in [2.75, 3.05) is 26.2 Å². The molecule has 3 bridgehead atoms. The molecule has 3 aromatic rings. The Hall–Kier alpha value is -2.71. The molecule has 1 aliphatic carbocycles. The second kappa shape index (κ2) is 10.7. The maximum Gasteiger partial charge on any atom is 0.139 e. The summed E-state index contributed by atoms with van der Waals surface area (Å²) in [4.78, 5) is 14.0. The van der Waals surface area contributed by atoms with Crippen LogP contribution in [-0.2, 0) is 0 Å². The van der Waals surface area contributed by atoms with E-state index in [1.54, 1.807) is 6.07 Å². The maximum atomic E-state index is 13.1. The van der Waals surface area contributed by atoms with Crippen LogP contribution >= 0.6 is 0 Å². The van der Waals surface area contributed by atoms with Gasteiger partial charge in [0.15, 0.2) is 0 Å². The van der Waals surface area contributed by atoms with Crippen LogP contribution in [0.25, 0.3) is 27.4 Å². The minimum absolute atomic E-state index is 0.0527. The molecule has 4 aliphatic heterocycles. The fourth-order valence-corrected chi connectivity index (χ4v) is 10.0. The number of pyridine rings is 1. The molecule has 0 saturated carbocycles. The first-order valence-corrected chi connectivity index (χ1v) is 16.8. The number of piperidine rings is 1. The zero-order chi connectivity index (χ0) is 29.2. The molecule has 5 aliphatic rings. The van der Waals surface area contributed by atoms with Crippen LogP contribution in [0.4, 0.5) is 0 Å². The molecule has 1 aromatic carbocycles. The fraction of sp³-hybridized carbons (Fsp3) is 0.583. The monoisotopic (exact) mass is 582 g/mol. The van der Waals surface area contributed by atoms with Gasteiger partial charge in [-0.3, -0.25) is 9.88 Å². The molecule has 7 atom stereocenters. The first kappa shape index (κ1) is 27.8. The molecule has 2 aromatic heterocycles. The third kappa shape index (κ3) is 4.49. The lowest BCUT2D eigenvalue weighted by Crippen LogP contribution is -2.65. The molecule has 0 radical (unpaired) electrons. The Kier molecular flexibility index (Phi) is 6.94. The lowest BCUT2D eigenvalue weighted by Gasteiger charge is -2.58. The SMILES string of the molecule is Oc1cccc2c1[nH]c1c(C3=C[C@]4(O)CC/C=C\CCCCN5CC[C@H]3[C@@]3(C[C@H]6CC[C@H](O)CCCN6[C@@H]34)C5)nccc12. The zero-order valence-electron chi connectivity index (χ0n) is 25.2. The van der Waals surface area contributed by atoms with Crippen molar-refractivity contribution in [1.29, 1.82) is 0 Å². The van der Waals surface area contributed by atoms with Crippen LogP contribution < -0.4 is 0 Å². The van der Waals surface area contributed by atoms with E-state index in [9.17, 15) is 15.3 Å². The molecule has 228 valence electrons. The molecule has 7 nitrogen and oxygen atoms in total. The number of H-pyrrole nitrogens is 1. The summed E-state index contributed by atoms with van der Waals surface area (Å²) in [5.41, 5.74) is 2.73. The molecule has 3 fully saturated rings. The Bertz CT molecular complexity index is 1580. The standard InChI is InChI=1S/C36H46N4O3/c41-25-9-8-19-40-24(12-13-25)21-35-23-39-18-6-4-2-1-3-5-16-36(43,34(35)40)22-28(29(35)15-20-39)32-33-27(14-17-37-32)26-10-7-11-30(42)31(26)38-33/h1,3,7,10-11,14,17,22,24-25,29,34,38,41-43H,2,4-6,8-9,12-13,15-16,18-21,23H2/b3-1-/t24-,25-,29-,34+,35-,36-/m1/s1. The second-order valence-electron chi connectivity index (χ2n) is 14.2. The third-order valence-corrected chi connectivity index (χ3v) is 11.7. The number of para-hydroxylation sites is 1. The molecule has 1 spiro atoms. The van der Waals surface area contributed by atoms with Gasteiger partial charge < -0.3 is 25.2 Å². The topological polar surface area (TPSA) is 95.8 Å². The van der Waals surface area contributed by atoms with E-state index in [4.69, 9.17) is 4.98 Å². The lowest BCUT2D eigenvalue weighted by atomic mass is 9.54. The molecule has 6 heterocycles. The average Bonchev–Trinajstić information content (AvgIpc) is 3.52. The van der Waals surface area contributed by atoms with Crippen LogP contribution in [0.1, 0.15) is 76.3 Å². The fourth-order valence-electron chi connectivity index (χ4n) is 10.0. The van der Waals surface area contributed by atoms with Gasteiger partial charge in [-0.1, -0.05) is 24.3 Å². The van der Waals surface area contributed by atoms with E-state index in [0.29, 0.717) is 12.5 Å². The normalized spacial score (nSPS) is 37.8. The maximum absolute atomic E-state index is 13.1. The molecule has 0 amide bonds. The van der Waals surface area contributed by atoms with Gasteiger partial charge >= 0.3 is 0 Å². The molecular weight excluding hydrogens is 536 g/mol. The predicted octanol–water partition coefficient (Wildman–Crippen LogP) is 5.76. The second-order valence-corrected chi connectivity index (χ2v) is 14.2. The van der Waals surface area contributed by atoms with Crippen molar-refractivity contribution >= 4 is 27.4 Å². The Morgan fingerprint density at radius 2 is 1.79 bits per heavy atom. The van der Waals surface area contributed by atoms with E-state index in [1.807, 2.05) is 18.3 Å². The van der Waals surface area contributed by atoms with Crippen molar-refractivity contribution in [3.8, 4) is 5.75 Å².